The molecular weight excluding hydrogens is 607 g/mol. The Morgan fingerprint density at radius 3 is 1.62 bits per heavy atom. The van der Waals surface area contributed by atoms with Crippen LogP contribution in [0.4, 0.5) is 0 Å². The predicted molar refractivity (Wildman–Crippen MR) is 211 cm³/mol. The van der Waals surface area contributed by atoms with E-state index < -0.39 is 0 Å². The number of hydrogen-bond donors (Lipinski definition) is 1. The van der Waals surface area contributed by atoms with Gasteiger partial charge in [0.15, 0.2) is 0 Å². The quantitative estimate of drug-likeness (QED) is 0.199. The van der Waals surface area contributed by atoms with E-state index in [1.165, 1.54) is 77.1 Å². The van der Waals surface area contributed by atoms with Crippen molar-refractivity contribution in [2.24, 2.45) is 0 Å². The van der Waals surface area contributed by atoms with Crippen LogP contribution in [0.1, 0.15) is 11.1 Å². The average Bonchev–Trinajstić information content (AvgIpc) is 3.71. The maximum atomic E-state index is 3.61. The maximum absolute atomic E-state index is 3.61. The second-order valence-corrected chi connectivity index (χ2v) is 13.0. The van der Waals surface area contributed by atoms with Crippen molar-refractivity contribution in [3.8, 4) is 22.5 Å². The van der Waals surface area contributed by atoms with E-state index in [2.05, 4.69) is 196 Å². The van der Waals surface area contributed by atoms with Crippen molar-refractivity contribution >= 4 is 54.9 Å². The highest BCUT2D eigenvalue weighted by atomic mass is 15.0. The molecule has 1 aliphatic rings. The van der Waals surface area contributed by atoms with Crippen molar-refractivity contribution < 1.29 is 0 Å². The van der Waals surface area contributed by atoms with Crippen molar-refractivity contribution in [1.82, 2.24) is 14.5 Å². The number of fused-ring (bicyclic) bond motifs is 6. The van der Waals surface area contributed by atoms with Crippen molar-refractivity contribution in [2.75, 3.05) is 6.54 Å². The lowest BCUT2D eigenvalue weighted by Gasteiger charge is -2.18. The molecule has 0 unspecified atom stereocenters. The molecule has 0 saturated carbocycles. The number of hydrogen-bond acceptors (Lipinski definition) is 1. The molecule has 1 N–H and O–H groups in total. The average molecular weight is 640 g/mol. The number of benzene rings is 7. The minimum Gasteiger partial charge on any atom is -0.380 e. The van der Waals surface area contributed by atoms with Gasteiger partial charge in [-0.05, 0) is 88.5 Å². The van der Waals surface area contributed by atoms with Gasteiger partial charge in [-0.2, -0.15) is 0 Å². The Balaban J connectivity index is 1.06. The highest BCUT2D eigenvalue weighted by molar-refractivity contribution is 6.12. The highest BCUT2D eigenvalue weighted by Gasteiger charge is 2.16. The number of aromatic nitrogens is 2. The molecule has 7 aromatic carbocycles. The summed E-state index contributed by atoms with van der Waals surface area (Å²) < 4.78 is 4.79. The van der Waals surface area contributed by atoms with Crippen LogP contribution in [-0.2, 0) is 0 Å². The minimum absolute atomic E-state index is 0.802. The maximum Gasteiger partial charge on any atom is 0.0547 e. The van der Waals surface area contributed by atoms with Crippen LogP contribution in [0.3, 0.4) is 0 Å². The molecule has 3 nitrogen and oxygen atoms in total. The fourth-order valence-corrected chi connectivity index (χ4v) is 7.77. The van der Waals surface area contributed by atoms with Crippen molar-refractivity contribution in [3.63, 3.8) is 0 Å². The zero-order valence-electron chi connectivity index (χ0n) is 27.4. The summed E-state index contributed by atoms with van der Waals surface area (Å²) in [5.74, 6) is 0. The first kappa shape index (κ1) is 28.4. The fraction of sp³-hybridized carbons (Fsp3) is 0.0213. The van der Waals surface area contributed by atoms with E-state index in [-0.39, 0.29) is 0 Å². The van der Waals surface area contributed by atoms with Crippen LogP contribution in [0.2, 0.25) is 0 Å². The summed E-state index contributed by atoms with van der Waals surface area (Å²) in [6, 6.07) is 61.5. The van der Waals surface area contributed by atoms with Gasteiger partial charge in [-0.25, -0.2) is 0 Å². The van der Waals surface area contributed by atoms with Gasteiger partial charge >= 0.3 is 0 Å². The van der Waals surface area contributed by atoms with Gasteiger partial charge in [-0.3, -0.25) is 0 Å². The number of nitrogens with zero attached hydrogens (tertiary/aromatic N) is 2. The van der Waals surface area contributed by atoms with Crippen LogP contribution in [0.25, 0.3) is 77.4 Å². The Morgan fingerprint density at radius 1 is 0.360 bits per heavy atom. The Kier molecular flexibility index (Phi) is 6.56. The Hall–Kier alpha value is -6.58. The first-order chi connectivity index (χ1) is 24.8. The molecule has 2 aromatic heterocycles. The fourth-order valence-electron chi connectivity index (χ4n) is 7.77. The Labute approximate surface area is 290 Å². The van der Waals surface area contributed by atoms with Crippen molar-refractivity contribution in [3.05, 3.63) is 193 Å². The Morgan fingerprint density at radius 2 is 0.900 bits per heavy atom. The molecule has 0 spiro atoms. The summed E-state index contributed by atoms with van der Waals surface area (Å²) in [7, 11) is 0. The van der Waals surface area contributed by atoms with Crippen LogP contribution in [-0.4, -0.2) is 15.7 Å². The standard InChI is InChI=1S/C47H33N3/c1-3-11-33(12-4-1)43-27-22-36(31-48-43)32-19-24-38(25-20-32)49-45-18-10-8-16-40(45)42-29-34(23-28-46(42)49)35-21-26-41-39-15-7-9-17-44(39)50(47(41)30-35)37-13-5-2-6-14-37/h1-30,48H,31H2. The van der Waals surface area contributed by atoms with Gasteiger partial charge in [0.1, 0.15) is 0 Å². The molecule has 10 rings (SSSR count). The monoisotopic (exact) mass is 639 g/mol. The van der Waals surface area contributed by atoms with Crippen LogP contribution in [0.5, 0.6) is 0 Å². The van der Waals surface area contributed by atoms with E-state index in [1.54, 1.807) is 0 Å². The first-order valence-electron chi connectivity index (χ1n) is 17.2. The molecule has 236 valence electrons. The van der Waals surface area contributed by atoms with Gasteiger partial charge < -0.3 is 14.5 Å². The summed E-state index contributed by atoms with van der Waals surface area (Å²) in [6.07, 6.45) is 4.43. The molecule has 9 aromatic rings. The molecule has 0 saturated heterocycles. The van der Waals surface area contributed by atoms with Crippen LogP contribution in [0, 0.1) is 0 Å². The Bertz CT molecular complexity index is 2780. The SMILES string of the molecule is C1=C(c2ccc(-n3c4ccccc4c4cc(-c5ccc6c7ccccc7n(-c7ccccc7)c6c5)ccc43)cc2)CNC(c2ccccc2)=C1. The normalized spacial score (nSPS) is 13.1. The predicted octanol–water partition coefficient (Wildman–Crippen LogP) is 11.6. The lowest BCUT2D eigenvalue weighted by molar-refractivity contribution is 1.01. The molecule has 0 radical (unpaired) electrons. The largest absolute Gasteiger partial charge is 0.380 e. The molecule has 3 heteroatoms. The van der Waals surface area contributed by atoms with E-state index in [0.29, 0.717) is 0 Å². The third-order valence-corrected chi connectivity index (χ3v) is 10.2. The summed E-state index contributed by atoms with van der Waals surface area (Å²) in [5.41, 5.74) is 14.5. The molecule has 0 amide bonds. The van der Waals surface area contributed by atoms with Crippen molar-refractivity contribution in [2.45, 2.75) is 0 Å². The second-order valence-electron chi connectivity index (χ2n) is 13.0. The van der Waals surface area contributed by atoms with Gasteiger partial charge in [-0.15, -0.1) is 0 Å². The van der Waals surface area contributed by atoms with Gasteiger partial charge in [0.25, 0.3) is 0 Å². The van der Waals surface area contributed by atoms with Gasteiger partial charge in [0.2, 0.25) is 0 Å². The highest BCUT2D eigenvalue weighted by Crippen LogP contribution is 2.38. The van der Waals surface area contributed by atoms with E-state index in [9.17, 15) is 0 Å². The molecule has 1 aliphatic heterocycles. The number of para-hydroxylation sites is 3. The number of dihydropyridines is 1. The van der Waals surface area contributed by atoms with Gasteiger partial charge in [0, 0.05) is 45.2 Å². The third kappa shape index (κ3) is 4.59. The van der Waals surface area contributed by atoms with Crippen LogP contribution >= 0.6 is 0 Å². The summed E-state index contributed by atoms with van der Waals surface area (Å²) in [5, 5.41) is 8.65. The van der Waals surface area contributed by atoms with Gasteiger partial charge in [-0.1, -0.05) is 121 Å². The second kappa shape index (κ2) is 11.5. The lowest BCUT2D eigenvalue weighted by Crippen LogP contribution is -2.18. The first-order valence-corrected chi connectivity index (χ1v) is 17.2. The van der Waals surface area contributed by atoms with E-state index >= 15 is 0 Å². The summed E-state index contributed by atoms with van der Waals surface area (Å²) in [6.45, 7) is 0.802. The minimum atomic E-state index is 0.802. The third-order valence-electron chi connectivity index (χ3n) is 10.2. The zero-order valence-corrected chi connectivity index (χ0v) is 27.4. The van der Waals surface area contributed by atoms with E-state index in [0.717, 1.165) is 17.9 Å². The van der Waals surface area contributed by atoms with Gasteiger partial charge in [0.05, 0.1) is 22.1 Å². The van der Waals surface area contributed by atoms with E-state index in [4.69, 9.17) is 0 Å². The van der Waals surface area contributed by atoms with Crippen molar-refractivity contribution in [1.29, 1.82) is 0 Å². The number of nitrogens with one attached hydrogen (secondary N) is 1. The van der Waals surface area contributed by atoms with E-state index in [1.807, 2.05) is 0 Å². The molecule has 3 heterocycles. The molecule has 0 bridgehead atoms. The van der Waals surface area contributed by atoms with Crippen LogP contribution < -0.4 is 5.32 Å². The topological polar surface area (TPSA) is 21.9 Å². The lowest BCUT2D eigenvalue weighted by atomic mass is 10.0. The molecule has 0 atom stereocenters. The summed E-state index contributed by atoms with van der Waals surface area (Å²) in [4.78, 5) is 0. The summed E-state index contributed by atoms with van der Waals surface area (Å²) >= 11 is 0. The molecule has 50 heavy (non-hydrogen) atoms. The molecular formula is C47H33N3. The van der Waals surface area contributed by atoms with Crippen LogP contribution in [0.15, 0.2) is 182 Å². The zero-order chi connectivity index (χ0) is 33.0. The smallest absolute Gasteiger partial charge is 0.0547 e. The number of rotatable bonds is 5. The molecule has 0 fully saturated rings. The molecule has 0 aliphatic carbocycles. The number of allylic oxidation sites excluding steroid dienone is 2.